The number of rotatable bonds is 2. The van der Waals surface area contributed by atoms with Crippen LogP contribution in [0.1, 0.15) is 52.6 Å². The molecule has 2 aromatic heterocycles. The van der Waals surface area contributed by atoms with Gasteiger partial charge in [0.1, 0.15) is 0 Å². The summed E-state index contributed by atoms with van der Waals surface area (Å²) in [5, 5.41) is 4.99. The van der Waals surface area contributed by atoms with Crippen molar-refractivity contribution in [2.24, 2.45) is 0 Å². The van der Waals surface area contributed by atoms with Gasteiger partial charge in [0.15, 0.2) is 0 Å². The maximum absolute atomic E-state index is 13.9. The monoisotopic (exact) mass is 618 g/mol. The molecule has 11 rings (SSSR count). The van der Waals surface area contributed by atoms with E-state index in [1.165, 1.54) is 23.1 Å². The van der Waals surface area contributed by atoms with Gasteiger partial charge in [-0.05, 0) is 100 Å². The Morgan fingerprint density at radius 1 is 0.521 bits per heavy atom. The number of aromatic nitrogens is 1. The van der Waals surface area contributed by atoms with Gasteiger partial charge < -0.3 is 4.90 Å². The van der Waals surface area contributed by atoms with Crippen LogP contribution < -0.4 is 10.5 Å². The summed E-state index contributed by atoms with van der Waals surface area (Å²) < 4.78 is 1.90. The lowest BCUT2D eigenvalue weighted by Crippen LogP contribution is -2.49. The summed E-state index contributed by atoms with van der Waals surface area (Å²) >= 11 is 0. The van der Waals surface area contributed by atoms with E-state index in [9.17, 15) is 9.59 Å². The Morgan fingerprint density at radius 3 is 2.04 bits per heavy atom. The molecule has 3 unspecified atom stereocenters. The van der Waals surface area contributed by atoms with Crippen molar-refractivity contribution in [1.82, 2.24) is 4.40 Å². The topological polar surface area (TPSA) is 41.8 Å². The Balaban J connectivity index is 1.07. The van der Waals surface area contributed by atoms with Gasteiger partial charge in [0.2, 0.25) is 0 Å². The molecule has 4 heteroatoms. The Kier molecular flexibility index (Phi) is 5.17. The first-order chi connectivity index (χ1) is 23.7. The molecule has 228 valence electrons. The van der Waals surface area contributed by atoms with Crippen LogP contribution >= 0.6 is 0 Å². The van der Waals surface area contributed by atoms with E-state index in [2.05, 4.69) is 89.8 Å². The zero-order valence-electron chi connectivity index (χ0n) is 26.2. The summed E-state index contributed by atoms with van der Waals surface area (Å²) in [6.45, 7) is 0. The number of carbonyl (C=O) groups excluding carboxylic acids is 1. The molecule has 0 saturated heterocycles. The minimum atomic E-state index is 0.0293. The third kappa shape index (κ3) is 3.34. The predicted octanol–water partition coefficient (Wildman–Crippen LogP) is 9.92. The van der Waals surface area contributed by atoms with E-state index in [0.29, 0.717) is 11.8 Å². The molecule has 8 aromatic rings. The van der Waals surface area contributed by atoms with Gasteiger partial charge in [-0.1, -0.05) is 85.3 Å². The highest BCUT2D eigenvalue weighted by Crippen LogP contribution is 2.56. The van der Waals surface area contributed by atoms with Crippen molar-refractivity contribution in [3.05, 3.63) is 154 Å². The van der Waals surface area contributed by atoms with Gasteiger partial charge in [0, 0.05) is 44.6 Å². The van der Waals surface area contributed by atoms with Crippen LogP contribution in [0.15, 0.2) is 132 Å². The second-order valence-electron chi connectivity index (χ2n) is 13.9. The number of nitrogens with zero attached hydrogens (tertiary/aromatic N) is 2. The molecule has 0 bridgehead atoms. The normalized spacial score (nSPS) is 19.7. The van der Waals surface area contributed by atoms with Crippen LogP contribution in [0.3, 0.4) is 0 Å². The van der Waals surface area contributed by atoms with Gasteiger partial charge >= 0.3 is 0 Å². The summed E-state index contributed by atoms with van der Waals surface area (Å²) in [7, 11) is 0. The van der Waals surface area contributed by atoms with Gasteiger partial charge in [-0.15, -0.1) is 0 Å². The molecule has 2 aliphatic heterocycles. The first-order valence-corrected chi connectivity index (χ1v) is 17.0. The first-order valence-electron chi connectivity index (χ1n) is 17.0. The second kappa shape index (κ2) is 9.42. The summed E-state index contributed by atoms with van der Waals surface area (Å²) in [5.41, 5.74) is 11.1. The van der Waals surface area contributed by atoms with Crippen molar-refractivity contribution < 1.29 is 4.79 Å². The summed E-state index contributed by atoms with van der Waals surface area (Å²) in [6, 6.07) is 44.8. The van der Waals surface area contributed by atoms with Gasteiger partial charge in [-0.3, -0.25) is 14.0 Å². The molecule has 3 aliphatic rings. The molecular formula is C44H30N2O2. The van der Waals surface area contributed by atoms with Gasteiger partial charge in [-0.2, -0.15) is 0 Å². The van der Waals surface area contributed by atoms with E-state index < -0.39 is 0 Å². The molecule has 1 fully saturated rings. The molecule has 4 nitrogen and oxygen atoms in total. The lowest BCUT2D eigenvalue weighted by Gasteiger charge is -2.43. The minimum Gasteiger partial charge on any atom is -0.304 e. The highest BCUT2D eigenvalue weighted by molar-refractivity contribution is 6.21. The maximum atomic E-state index is 13.9. The number of fused-ring (bicyclic) bond motifs is 10. The van der Waals surface area contributed by atoms with Crippen molar-refractivity contribution in [2.75, 3.05) is 4.90 Å². The number of para-hydroxylation sites is 1. The maximum Gasteiger partial charge on any atom is 0.263 e. The smallest absolute Gasteiger partial charge is 0.263 e. The van der Waals surface area contributed by atoms with Crippen LogP contribution in [-0.4, -0.2) is 16.3 Å². The summed E-state index contributed by atoms with van der Waals surface area (Å²) in [6.07, 6.45) is 3.43. The molecule has 3 atom stereocenters. The van der Waals surface area contributed by atoms with Crippen LogP contribution in [0.5, 0.6) is 0 Å². The number of pyridine rings is 1. The first kappa shape index (κ1) is 26.3. The largest absolute Gasteiger partial charge is 0.304 e. The molecule has 0 spiro atoms. The Labute approximate surface area is 276 Å². The van der Waals surface area contributed by atoms with Gasteiger partial charge in [-0.25, -0.2) is 0 Å². The zero-order valence-corrected chi connectivity index (χ0v) is 26.2. The highest BCUT2D eigenvalue weighted by atomic mass is 16.2. The van der Waals surface area contributed by atoms with E-state index in [1.807, 2.05) is 46.9 Å². The molecular weight excluding hydrogens is 588 g/mol. The zero-order chi connectivity index (χ0) is 31.7. The van der Waals surface area contributed by atoms with E-state index in [1.54, 1.807) is 0 Å². The number of amides is 1. The number of hydrogen-bond donors (Lipinski definition) is 0. The van der Waals surface area contributed by atoms with Crippen LogP contribution in [-0.2, 0) is 0 Å². The van der Waals surface area contributed by atoms with Crippen molar-refractivity contribution >= 4 is 49.6 Å². The molecule has 0 N–H and O–H groups in total. The molecule has 6 aromatic carbocycles. The highest BCUT2D eigenvalue weighted by Gasteiger charge is 2.51. The van der Waals surface area contributed by atoms with Gasteiger partial charge in [0.25, 0.3) is 11.5 Å². The fourth-order valence-corrected chi connectivity index (χ4v) is 9.60. The average Bonchev–Trinajstić information content (AvgIpc) is 3.66. The molecule has 1 amide bonds. The van der Waals surface area contributed by atoms with E-state index in [0.717, 1.165) is 78.7 Å². The Bertz CT molecular complexity index is 2740. The minimum absolute atomic E-state index is 0.0293. The van der Waals surface area contributed by atoms with E-state index in [4.69, 9.17) is 0 Å². The molecule has 1 saturated carbocycles. The Hall–Kier alpha value is -5.74. The number of hydrogen-bond acceptors (Lipinski definition) is 2. The number of anilines is 1. The fraction of sp³-hybridized carbons (Fsp3) is 0.136. The number of benzene rings is 6. The summed E-state index contributed by atoms with van der Waals surface area (Å²) in [4.78, 5) is 29.8. The third-order valence-corrected chi connectivity index (χ3v) is 11.6. The Morgan fingerprint density at radius 2 is 1.19 bits per heavy atom. The molecule has 0 radical (unpaired) electrons. The van der Waals surface area contributed by atoms with Crippen LogP contribution in [0.2, 0.25) is 0 Å². The second-order valence-corrected chi connectivity index (χ2v) is 13.9. The predicted molar refractivity (Wildman–Crippen MR) is 195 cm³/mol. The van der Waals surface area contributed by atoms with Gasteiger partial charge in [0.05, 0.1) is 17.1 Å². The van der Waals surface area contributed by atoms with Crippen molar-refractivity contribution in [3.63, 3.8) is 0 Å². The fourth-order valence-electron chi connectivity index (χ4n) is 9.60. The van der Waals surface area contributed by atoms with E-state index in [-0.39, 0.29) is 17.5 Å². The van der Waals surface area contributed by atoms with Crippen LogP contribution in [0.4, 0.5) is 5.69 Å². The molecule has 48 heavy (non-hydrogen) atoms. The molecule has 1 aliphatic carbocycles. The lowest BCUT2D eigenvalue weighted by molar-refractivity contribution is 0.0952. The van der Waals surface area contributed by atoms with Crippen LogP contribution in [0, 0.1) is 0 Å². The SMILES string of the molecule is O=C1c2ccccc2C2CCCC3c4cc(-c5cccc(-c6cc7c8ccccc8c(=O)n8c9ccccc9c(c6)c78)c5)ccc4N1C23. The van der Waals surface area contributed by atoms with Crippen LogP contribution in [0.25, 0.3) is 60.2 Å². The van der Waals surface area contributed by atoms with E-state index >= 15 is 0 Å². The number of carbonyl (C=O) groups is 1. The third-order valence-electron chi connectivity index (χ3n) is 11.6. The lowest BCUT2D eigenvalue weighted by atomic mass is 9.70. The van der Waals surface area contributed by atoms with Crippen molar-refractivity contribution in [3.8, 4) is 22.3 Å². The van der Waals surface area contributed by atoms with Crippen molar-refractivity contribution in [1.29, 1.82) is 0 Å². The van der Waals surface area contributed by atoms with Crippen molar-refractivity contribution in [2.45, 2.75) is 37.1 Å². The quantitative estimate of drug-likeness (QED) is 0.181. The molecule has 4 heterocycles. The summed E-state index contributed by atoms with van der Waals surface area (Å²) in [5.74, 6) is 0.894. The standard InChI is InChI=1S/C44H30N2O2/c47-43-34-14-3-1-11-29(34)32-16-8-17-33-36-22-27(19-20-40(36)46(43)41(32)33)25-9-7-10-26(21-25)28-23-37-30-12-2-4-15-35(30)44(48)45-39-18-6-5-13-31(39)38(24-28)42(37)45/h1-7,9-15,18-24,32-33,41H,8,16-17H2. The average molecular weight is 619 g/mol.